The van der Waals surface area contributed by atoms with E-state index >= 15 is 0 Å². The van der Waals surface area contributed by atoms with Crippen LogP contribution in [0.25, 0.3) is 0 Å². The summed E-state index contributed by atoms with van der Waals surface area (Å²) in [4.78, 5) is 18.5. The largest absolute Gasteiger partial charge is 0.314 e. The molecule has 5 heteroatoms. The minimum absolute atomic E-state index is 0.120. The first-order valence-corrected chi connectivity index (χ1v) is 9.67. The fourth-order valence-corrected chi connectivity index (χ4v) is 4.84. The standard InChI is InChI=1S/C18H29N3OS/c1-11-9-12(7-8-19-11)16(22)21-17-20-14-6-5-13(18(2,3)4)10-15(14)23-17/h11-13,19H,5-10H2,1-4H3,(H,20,21,22)/t11-,12-,13?/m0/s1. The zero-order chi connectivity index (χ0) is 16.6. The van der Waals surface area contributed by atoms with Gasteiger partial charge in [-0.25, -0.2) is 4.98 Å². The van der Waals surface area contributed by atoms with Gasteiger partial charge in [0.2, 0.25) is 5.91 Å². The normalized spacial score (nSPS) is 28.3. The van der Waals surface area contributed by atoms with Crippen molar-refractivity contribution in [2.45, 2.75) is 65.8 Å². The van der Waals surface area contributed by atoms with Gasteiger partial charge in [0.1, 0.15) is 0 Å². The molecule has 2 heterocycles. The van der Waals surface area contributed by atoms with Gasteiger partial charge in [-0.05, 0) is 56.9 Å². The summed E-state index contributed by atoms with van der Waals surface area (Å²) in [7, 11) is 0. The van der Waals surface area contributed by atoms with Gasteiger partial charge >= 0.3 is 0 Å². The Bertz CT molecular complexity index is 575. The summed E-state index contributed by atoms with van der Waals surface area (Å²) in [5, 5.41) is 7.29. The van der Waals surface area contributed by atoms with E-state index < -0.39 is 0 Å². The van der Waals surface area contributed by atoms with E-state index in [1.165, 1.54) is 17.0 Å². The number of hydrogen-bond acceptors (Lipinski definition) is 4. The van der Waals surface area contributed by atoms with Crippen molar-refractivity contribution in [3.8, 4) is 0 Å². The van der Waals surface area contributed by atoms with E-state index in [0.717, 1.165) is 37.4 Å². The summed E-state index contributed by atoms with van der Waals surface area (Å²) in [6.07, 6.45) is 5.21. The Morgan fingerprint density at radius 1 is 1.35 bits per heavy atom. The summed E-state index contributed by atoms with van der Waals surface area (Å²) in [5.41, 5.74) is 1.56. The lowest BCUT2D eigenvalue weighted by Crippen LogP contribution is -2.40. The zero-order valence-corrected chi connectivity index (χ0v) is 15.6. The molecule has 1 aliphatic heterocycles. The van der Waals surface area contributed by atoms with Crippen molar-refractivity contribution in [1.82, 2.24) is 10.3 Å². The predicted molar refractivity (Wildman–Crippen MR) is 95.9 cm³/mol. The van der Waals surface area contributed by atoms with Crippen LogP contribution < -0.4 is 10.6 Å². The molecule has 128 valence electrons. The molecule has 0 aromatic carbocycles. The Labute approximate surface area is 143 Å². The Kier molecular flexibility index (Phi) is 4.79. The van der Waals surface area contributed by atoms with E-state index in [2.05, 4.69) is 38.3 Å². The van der Waals surface area contributed by atoms with Gasteiger partial charge in [0.05, 0.1) is 5.69 Å². The molecule has 3 atom stereocenters. The Hall–Kier alpha value is -0.940. The molecular weight excluding hydrogens is 306 g/mol. The molecule has 0 saturated carbocycles. The molecule has 0 spiro atoms. The van der Waals surface area contributed by atoms with Crippen LogP contribution in [-0.2, 0) is 17.6 Å². The van der Waals surface area contributed by atoms with Crippen LogP contribution in [0.1, 0.15) is 57.5 Å². The fraction of sp³-hybridized carbons (Fsp3) is 0.778. The zero-order valence-electron chi connectivity index (χ0n) is 14.7. The second kappa shape index (κ2) is 6.52. The quantitative estimate of drug-likeness (QED) is 0.868. The SMILES string of the molecule is C[C@H]1C[C@@H](C(=O)Nc2nc3c(s2)CC(C(C)(C)C)CC3)CCN1. The van der Waals surface area contributed by atoms with Gasteiger partial charge in [-0.15, -0.1) is 11.3 Å². The number of thiazole rings is 1. The van der Waals surface area contributed by atoms with Gasteiger partial charge in [-0.2, -0.15) is 0 Å². The maximum absolute atomic E-state index is 12.5. The first-order chi connectivity index (χ1) is 10.8. The molecule has 23 heavy (non-hydrogen) atoms. The molecule has 1 aromatic heterocycles. The number of fused-ring (bicyclic) bond motifs is 1. The van der Waals surface area contributed by atoms with Crippen molar-refractivity contribution >= 4 is 22.4 Å². The molecule has 1 aromatic rings. The smallest absolute Gasteiger partial charge is 0.229 e. The fourth-order valence-electron chi connectivity index (χ4n) is 3.75. The van der Waals surface area contributed by atoms with Gasteiger partial charge in [-0.3, -0.25) is 4.79 Å². The highest BCUT2D eigenvalue weighted by atomic mass is 32.1. The lowest BCUT2D eigenvalue weighted by Gasteiger charge is -2.33. The molecule has 0 bridgehead atoms. The van der Waals surface area contributed by atoms with E-state index in [4.69, 9.17) is 4.98 Å². The summed E-state index contributed by atoms with van der Waals surface area (Å²) in [6.45, 7) is 10.1. The van der Waals surface area contributed by atoms with Crippen LogP contribution in [0.3, 0.4) is 0 Å². The van der Waals surface area contributed by atoms with Crippen molar-refractivity contribution in [2.75, 3.05) is 11.9 Å². The Morgan fingerprint density at radius 2 is 2.13 bits per heavy atom. The second-order valence-electron chi connectivity index (χ2n) is 8.26. The van der Waals surface area contributed by atoms with E-state index in [9.17, 15) is 4.79 Å². The highest BCUT2D eigenvalue weighted by Gasteiger charge is 2.31. The van der Waals surface area contributed by atoms with Crippen molar-refractivity contribution in [3.05, 3.63) is 10.6 Å². The van der Waals surface area contributed by atoms with Gasteiger partial charge in [0, 0.05) is 16.8 Å². The summed E-state index contributed by atoms with van der Waals surface area (Å²) >= 11 is 1.69. The van der Waals surface area contributed by atoms with Gasteiger partial charge in [-0.1, -0.05) is 20.8 Å². The van der Waals surface area contributed by atoms with Crippen LogP contribution in [0, 0.1) is 17.3 Å². The maximum atomic E-state index is 12.5. The van der Waals surface area contributed by atoms with E-state index in [-0.39, 0.29) is 11.8 Å². The lowest BCUT2D eigenvalue weighted by molar-refractivity contribution is -0.120. The maximum Gasteiger partial charge on any atom is 0.229 e. The van der Waals surface area contributed by atoms with Crippen molar-refractivity contribution in [3.63, 3.8) is 0 Å². The van der Waals surface area contributed by atoms with E-state index in [1.54, 1.807) is 11.3 Å². The van der Waals surface area contributed by atoms with Crippen LogP contribution in [0.15, 0.2) is 0 Å². The number of nitrogens with one attached hydrogen (secondary N) is 2. The molecule has 4 nitrogen and oxygen atoms in total. The number of hydrogen-bond donors (Lipinski definition) is 2. The van der Waals surface area contributed by atoms with Crippen LogP contribution in [0.5, 0.6) is 0 Å². The Balaban J connectivity index is 1.64. The average molecular weight is 336 g/mol. The number of carbonyl (C=O) groups excluding carboxylic acids is 1. The monoisotopic (exact) mass is 335 g/mol. The highest BCUT2D eigenvalue weighted by molar-refractivity contribution is 7.15. The van der Waals surface area contributed by atoms with Crippen molar-refractivity contribution in [1.29, 1.82) is 0 Å². The summed E-state index contributed by atoms with van der Waals surface area (Å²) < 4.78 is 0. The number of anilines is 1. The number of piperidine rings is 1. The summed E-state index contributed by atoms with van der Waals surface area (Å²) in [5.74, 6) is 0.982. The first kappa shape index (κ1) is 16.9. The number of amides is 1. The van der Waals surface area contributed by atoms with E-state index in [0.29, 0.717) is 17.4 Å². The molecule has 3 rings (SSSR count). The molecule has 1 unspecified atom stereocenters. The molecule has 0 radical (unpaired) electrons. The van der Waals surface area contributed by atoms with Gasteiger partial charge in [0.15, 0.2) is 5.13 Å². The number of rotatable bonds is 2. The lowest BCUT2D eigenvalue weighted by atomic mass is 9.73. The Morgan fingerprint density at radius 3 is 2.83 bits per heavy atom. The average Bonchev–Trinajstić information content (AvgIpc) is 2.87. The third-order valence-electron chi connectivity index (χ3n) is 5.39. The van der Waals surface area contributed by atoms with Crippen molar-refractivity contribution in [2.24, 2.45) is 17.3 Å². The molecule has 2 aliphatic rings. The number of nitrogens with zero attached hydrogens (tertiary/aromatic N) is 1. The highest BCUT2D eigenvalue weighted by Crippen LogP contribution is 2.40. The predicted octanol–water partition coefficient (Wildman–Crippen LogP) is 3.62. The molecule has 1 saturated heterocycles. The number of aromatic nitrogens is 1. The van der Waals surface area contributed by atoms with Gasteiger partial charge < -0.3 is 10.6 Å². The molecule has 1 aliphatic carbocycles. The van der Waals surface area contributed by atoms with Crippen LogP contribution in [0.4, 0.5) is 5.13 Å². The third kappa shape index (κ3) is 3.94. The first-order valence-electron chi connectivity index (χ1n) is 8.85. The number of aryl methyl sites for hydroxylation is 1. The molecule has 1 fully saturated rings. The van der Waals surface area contributed by atoms with Crippen LogP contribution >= 0.6 is 11.3 Å². The molecule has 1 amide bonds. The topological polar surface area (TPSA) is 54.0 Å². The minimum Gasteiger partial charge on any atom is -0.314 e. The van der Waals surface area contributed by atoms with Crippen molar-refractivity contribution < 1.29 is 4.79 Å². The van der Waals surface area contributed by atoms with Crippen LogP contribution in [-0.4, -0.2) is 23.5 Å². The summed E-state index contributed by atoms with van der Waals surface area (Å²) in [6, 6.07) is 0.427. The molecule has 2 N–H and O–H groups in total. The minimum atomic E-state index is 0.120. The number of carbonyl (C=O) groups is 1. The molecular formula is C18H29N3OS. The van der Waals surface area contributed by atoms with Gasteiger partial charge in [0.25, 0.3) is 0 Å². The third-order valence-corrected chi connectivity index (χ3v) is 6.42. The van der Waals surface area contributed by atoms with E-state index in [1.807, 2.05) is 0 Å². The van der Waals surface area contributed by atoms with Crippen LogP contribution in [0.2, 0.25) is 0 Å². The second-order valence-corrected chi connectivity index (χ2v) is 9.34.